The zero-order valence-corrected chi connectivity index (χ0v) is 30.4. The van der Waals surface area contributed by atoms with E-state index in [2.05, 4.69) is 0 Å². The van der Waals surface area contributed by atoms with Crippen LogP contribution in [0.4, 0.5) is 149 Å². The summed E-state index contributed by atoms with van der Waals surface area (Å²) in [6.07, 6.45) is -24.3. The fraction of sp³-hybridized carbons (Fsp3) is 0.929. The van der Waals surface area contributed by atoms with Crippen LogP contribution in [-0.4, -0.2) is 143 Å². The first kappa shape index (κ1) is 58.7. The van der Waals surface area contributed by atoms with Gasteiger partial charge in [-0.05, 0) is 18.8 Å². The summed E-state index contributed by atoms with van der Waals surface area (Å²) in [6, 6.07) is 0. The second-order valence-electron chi connectivity index (χ2n) is 14.3. The molecule has 0 spiro atoms. The Labute approximate surface area is 340 Å². The Morgan fingerprint density at radius 2 is 0.515 bits per heavy atom. The Morgan fingerprint density at radius 3 is 0.727 bits per heavy atom. The second kappa shape index (κ2) is 16.1. The average Bonchev–Trinajstić information content (AvgIpc) is 3.12. The summed E-state index contributed by atoms with van der Waals surface area (Å²) in [7, 11) is 0. The molecular weight excluding hydrogens is 1040 g/mol. The van der Waals surface area contributed by atoms with Crippen LogP contribution in [0.25, 0.3) is 0 Å². The van der Waals surface area contributed by atoms with E-state index in [1.54, 1.807) is 0 Å². The Morgan fingerprint density at radius 1 is 0.318 bits per heavy atom. The number of hydrogen-bond donors (Lipinski definition) is 0. The van der Waals surface area contributed by atoms with Gasteiger partial charge < -0.3 is 9.80 Å². The Balaban J connectivity index is 2.36. The standard InChI is InChI=1S/C28H18F34N2O2/c29-13(30,15(33,34)17(37,38)19(41,42)21(45,46)23(49,50)25(53,54)27(57,58)59)3-7-63-5-1-9-2-6-64(12(66)10(9)11(63)65)8-4-14(31,32)16(35,36)18(39,40)20(43,44)22(47,48)24(51,52)26(55,56)28(60,61)62/h9-10H,1-8H2. The van der Waals surface area contributed by atoms with E-state index in [-0.39, 0.29) is 9.80 Å². The molecule has 0 aromatic heterocycles. The van der Waals surface area contributed by atoms with Crippen molar-refractivity contribution in [1.82, 2.24) is 9.80 Å². The molecule has 390 valence electrons. The van der Waals surface area contributed by atoms with Crippen LogP contribution in [0.1, 0.15) is 25.7 Å². The molecule has 2 amide bonds. The van der Waals surface area contributed by atoms with E-state index in [1.165, 1.54) is 0 Å². The molecule has 0 bridgehead atoms. The highest BCUT2D eigenvalue weighted by Crippen LogP contribution is 2.66. The zero-order chi connectivity index (χ0) is 53.1. The summed E-state index contributed by atoms with van der Waals surface area (Å²) in [4.78, 5) is 25.1. The van der Waals surface area contributed by atoms with E-state index < -0.39 is 171 Å². The molecule has 0 N–H and O–H groups in total. The lowest BCUT2D eigenvalue weighted by atomic mass is 9.78. The van der Waals surface area contributed by atoms with Crippen LogP contribution in [0.5, 0.6) is 0 Å². The number of hydrogen-bond acceptors (Lipinski definition) is 2. The first-order valence-corrected chi connectivity index (χ1v) is 16.5. The highest BCUT2D eigenvalue weighted by atomic mass is 19.4. The van der Waals surface area contributed by atoms with Gasteiger partial charge in [-0.25, -0.2) is 0 Å². The van der Waals surface area contributed by atoms with E-state index in [9.17, 15) is 159 Å². The average molecular weight is 1060 g/mol. The van der Waals surface area contributed by atoms with Crippen LogP contribution >= 0.6 is 0 Å². The molecule has 2 aliphatic heterocycles. The lowest BCUT2D eigenvalue weighted by Gasteiger charge is -2.45. The van der Waals surface area contributed by atoms with Gasteiger partial charge in [0.1, 0.15) is 5.92 Å². The summed E-state index contributed by atoms with van der Waals surface area (Å²) in [5.41, 5.74) is 0. The fourth-order valence-corrected chi connectivity index (χ4v) is 5.95. The summed E-state index contributed by atoms with van der Waals surface area (Å²) in [5.74, 6) is -127. The van der Waals surface area contributed by atoms with Gasteiger partial charge in [-0.15, -0.1) is 0 Å². The Kier molecular flexibility index (Phi) is 14.3. The van der Waals surface area contributed by atoms with E-state index in [0.717, 1.165) is 0 Å². The number of fused-ring (bicyclic) bond motifs is 1. The Bertz CT molecular complexity index is 1670. The molecule has 0 aromatic carbocycles. The summed E-state index contributed by atoms with van der Waals surface area (Å²) < 4.78 is 461. The van der Waals surface area contributed by atoms with E-state index in [1.807, 2.05) is 0 Å². The van der Waals surface area contributed by atoms with Crippen molar-refractivity contribution in [1.29, 1.82) is 0 Å². The number of carbonyl (C=O) groups excluding carboxylic acids is 2. The maximum absolute atomic E-state index is 14.5. The van der Waals surface area contributed by atoms with Gasteiger partial charge in [0.05, 0.1) is 0 Å². The van der Waals surface area contributed by atoms with E-state index in [0.29, 0.717) is 0 Å². The molecule has 0 aliphatic carbocycles. The normalized spacial score (nSPS) is 20.9. The molecule has 2 rings (SSSR count). The molecule has 0 saturated carbocycles. The van der Waals surface area contributed by atoms with Crippen LogP contribution in [0.3, 0.4) is 0 Å². The van der Waals surface area contributed by atoms with Crippen molar-refractivity contribution in [2.75, 3.05) is 26.2 Å². The number of nitrogens with zero attached hydrogens (tertiary/aromatic N) is 2. The van der Waals surface area contributed by atoms with E-state index in [4.69, 9.17) is 0 Å². The molecule has 4 nitrogen and oxygen atoms in total. The quantitative estimate of drug-likeness (QED) is 0.101. The Hall–Kier alpha value is -3.44. The summed E-state index contributed by atoms with van der Waals surface area (Å²) in [6.45, 7) is -6.95. The third-order valence-electron chi connectivity index (χ3n) is 10.1. The molecule has 0 radical (unpaired) electrons. The van der Waals surface area contributed by atoms with Gasteiger partial charge in [0.25, 0.3) is 0 Å². The van der Waals surface area contributed by atoms with Crippen LogP contribution < -0.4 is 0 Å². The number of carbonyl (C=O) groups is 2. The first-order chi connectivity index (χ1) is 28.5. The maximum atomic E-state index is 14.5. The van der Waals surface area contributed by atoms with Crippen LogP contribution in [0.2, 0.25) is 0 Å². The van der Waals surface area contributed by atoms with Gasteiger partial charge in [0.15, 0.2) is 0 Å². The molecule has 2 aliphatic rings. The molecule has 2 saturated heterocycles. The number of amides is 2. The van der Waals surface area contributed by atoms with Crippen molar-refractivity contribution < 1.29 is 159 Å². The van der Waals surface area contributed by atoms with Gasteiger partial charge in [-0.2, -0.15) is 149 Å². The topological polar surface area (TPSA) is 40.6 Å². The molecule has 0 atom stereocenters. The van der Waals surface area contributed by atoms with Gasteiger partial charge >= 0.3 is 95.3 Å². The number of alkyl halides is 34. The molecule has 0 unspecified atom stereocenters. The second-order valence-corrected chi connectivity index (χ2v) is 14.3. The lowest BCUT2D eigenvalue weighted by molar-refractivity contribution is -0.461. The fourth-order valence-electron chi connectivity index (χ4n) is 5.95. The van der Waals surface area contributed by atoms with Crippen molar-refractivity contribution in [3.8, 4) is 0 Å². The third-order valence-corrected chi connectivity index (χ3v) is 10.1. The van der Waals surface area contributed by atoms with Crippen molar-refractivity contribution in [3.05, 3.63) is 0 Å². The van der Waals surface area contributed by atoms with Crippen molar-refractivity contribution >= 4 is 11.8 Å². The predicted octanol–water partition coefficient (Wildman–Crippen LogP) is 11.5. The lowest BCUT2D eigenvalue weighted by Crippen LogP contribution is -2.74. The predicted molar refractivity (Wildman–Crippen MR) is 140 cm³/mol. The molecule has 2 fully saturated rings. The van der Waals surface area contributed by atoms with Crippen molar-refractivity contribution in [3.63, 3.8) is 0 Å². The smallest absolute Gasteiger partial charge is 0.342 e. The van der Waals surface area contributed by atoms with Gasteiger partial charge in [0.2, 0.25) is 11.8 Å². The minimum Gasteiger partial charge on any atom is -0.342 e. The van der Waals surface area contributed by atoms with Gasteiger partial charge in [-0.3, -0.25) is 9.59 Å². The minimum atomic E-state index is -8.99. The van der Waals surface area contributed by atoms with Crippen LogP contribution in [0, 0.1) is 11.8 Å². The number of likely N-dealkylation sites (tertiary alicyclic amines) is 2. The SMILES string of the molecule is O=C1C2C(=O)N(CCC(F)(F)C(F)(F)C(F)(F)C(F)(F)C(F)(F)C(F)(F)C(F)(F)C(F)(F)F)CCC2CCN1CCC(F)(F)C(F)(F)C(F)(F)C(F)(F)C(F)(F)C(F)(F)C(F)(F)C(F)(F)F. The largest absolute Gasteiger partial charge is 0.460 e. The molecular formula is C28H18F34N2O2. The first-order valence-electron chi connectivity index (χ1n) is 16.5. The van der Waals surface area contributed by atoms with Crippen molar-refractivity contribution in [2.45, 2.75) is 121 Å². The summed E-state index contributed by atoms with van der Waals surface area (Å²) in [5, 5.41) is 0. The van der Waals surface area contributed by atoms with Crippen LogP contribution in [-0.2, 0) is 9.59 Å². The summed E-state index contributed by atoms with van der Waals surface area (Å²) >= 11 is 0. The number of halogens is 34. The number of piperidine rings is 2. The highest BCUT2D eigenvalue weighted by molar-refractivity contribution is 6.01. The molecule has 66 heavy (non-hydrogen) atoms. The molecule has 38 heteroatoms. The monoisotopic (exact) mass is 1060 g/mol. The molecule has 0 aromatic rings. The number of rotatable bonds is 18. The maximum Gasteiger partial charge on any atom is 0.460 e. The third kappa shape index (κ3) is 7.93. The minimum absolute atomic E-state index is 0.362. The van der Waals surface area contributed by atoms with Gasteiger partial charge in [0, 0.05) is 39.0 Å². The van der Waals surface area contributed by atoms with E-state index >= 15 is 0 Å². The van der Waals surface area contributed by atoms with Crippen molar-refractivity contribution in [2.24, 2.45) is 11.8 Å². The van der Waals surface area contributed by atoms with Crippen LogP contribution in [0.15, 0.2) is 0 Å². The molecule has 2 heterocycles. The van der Waals surface area contributed by atoms with Gasteiger partial charge in [-0.1, -0.05) is 0 Å². The zero-order valence-electron chi connectivity index (χ0n) is 30.4. The highest BCUT2D eigenvalue weighted by Gasteiger charge is 2.97.